The lowest BCUT2D eigenvalue weighted by Gasteiger charge is -2.28. The monoisotopic (exact) mass is 457 g/mol. The number of halogens is 3. The van der Waals surface area contributed by atoms with Gasteiger partial charge in [0.2, 0.25) is 0 Å². The Kier molecular flexibility index (Phi) is 8.00. The highest BCUT2D eigenvalue weighted by molar-refractivity contribution is 6.04. The largest absolute Gasteiger partial charge is 0.491 e. The van der Waals surface area contributed by atoms with Gasteiger partial charge in [-0.05, 0) is 61.3 Å². The molecule has 0 radical (unpaired) electrons. The Bertz CT molecular complexity index is 823. The van der Waals surface area contributed by atoms with Crippen LogP contribution in [0.2, 0.25) is 0 Å². The maximum absolute atomic E-state index is 12.9. The fourth-order valence-electron chi connectivity index (χ4n) is 4.29. The minimum absolute atomic E-state index is 0.263. The van der Waals surface area contributed by atoms with Crippen molar-refractivity contribution in [3.63, 3.8) is 0 Å². The van der Waals surface area contributed by atoms with Gasteiger partial charge in [-0.2, -0.15) is 13.2 Å². The third kappa shape index (κ3) is 6.13. The quantitative estimate of drug-likeness (QED) is 0.576. The fourth-order valence-corrected chi connectivity index (χ4v) is 4.29. The number of rotatable bonds is 9. The molecule has 1 aromatic carbocycles. The van der Waals surface area contributed by atoms with Crippen LogP contribution >= 0.6 is 0 Å². The highest BCUT2D eigenvalue weighted by atomic mass is 19.4. The first-order valence-corrected chi connectivity index (χ1v) is 10.7. The Labute approximate surface area is 185 Å². The summed E-state index contributed by atoms with van der Waals surface area (Å²) in [6.45, 7) is -0.773. The van der Waals surface area contributed by atoms with Gasteiger partial charge in [0.15, 0.2) is 12.0 Å². The number of hydrogen-bond donors (Lipinski definition) is 1. The zero-order chi connectivity index (χ0) is 23.3. The summed E-state index contributed by atoms with van der Waals surface area (Å²) in [4.78, 5) is 17.4. The van der Waals surface area contributed by atoms with E-state index < -0.39 is 30.6 Å². The number of ether oxygens (including phenoxy) is 3. The van der Waals surface area contributed by atoms with Gasteiger partial charge in [0, 0.05) is 14.2 Å². The van der Waals surface area contributed by atoms with Crippen LogP contribution in [0.5, 0.6) is 5.75 Å². The molecule has 1 amide bonds. The van der Waals surface area contributed by atoms with Crippen molar-refractivity contribution in [1.29, 1.82) is 0 Å². The number of benzene rings is 1. The third-order valence-electron chi connectivity index (χ3n) is 5.98. The van der Waals surface area contributed by atoms with Crippen LogP contribution in [0.25, 0.3) is 0 Å². The fraction of sp³-hybridized carbons (Fsp3) is 0.636. The van der Waals surface area contributed by atoms with Crippen LogP contribution in [0.4, 0.5) is 13.2 Å². The van der Waals surface area contributed by atoms with Gasteiger partial charge >= 0.3 is 6.18 Å². The SMILES string of the molecule is COCCOc1ccc(CC2CCC(OC)CC2)c(C2N=C(N)N(CC(F)(F)F)C2=O)c1. The number of nitrogens with two attached hydrogens (primary N) is 1. The lowest BCUT2D eigenvalue weighted by molar-refractivity contribution is -0.152. The summed E-state index contributed by atoms with van der Waals surface area (Å²) in [5, 5.41) is 0. The molecule has 10 heteroatoms. The third-order valence-corrected chi connectivity index (χ3v) is 5.98. The maximum atomic E-state index is 12.9. The summed E-state index contributed by atoms with van der Waals surface area (Å²) in [7, 11) is 3.27. The van der Waals surface area contributed by atoms with Gasteiger partial charge in [-0.3, -0.25) is 9.69 Å². The van der Waals surface area contributed by atoms with Crippen molar-refractivity contribution < 1.29 is 32.2 Å². The molecule has 0 spiro atoms. The molecule has 2 aliphatic rings. The van der Waals surface area contributed by atoms with E-state index in [1.807, 2.05) is 6.07 Å². The molecule has 1 unspecified atom stereocenters. The van der Waals surface area contributed by atoms with E-state index in [1.165, 1.54) is 0 Å². The summed E-state index contributed by atoms with van der Waals surface area (Å²) in [5.41, 5.74) is 7.10. The van der Waals surface area contributed by atoms with Gasteiger partial charge in [-0.15, -0.1) is 0 Å². The van der Waals surface area contributed by atoms with Gasteiger partial charge in [-0.1, -0.05) is 6.07 Å². The van der Waals surface area contributed by atoms with Crippen molar-refractivity contribution in [2.75, 3.05) is 34.0 Å². The molecule has 178 valence electrons. The summed E-state index contributed by atoms with van der Waals surface area (Å²) >= 11 is 0. The molecule has 0 saturated heterocycles. The van der Waals surface area contributed by atoms with Gasteiger partial charge < -0.3 is 19.9 Å². The van der Waals surface area contributed by atoms with Crippen LogP contribution in [0, 0.1) is 5.92 Å². The molecule has 1 aliphatic carbocycles. The number of aliphatic imine (C=N–C) groups is 1. The predicted molar refractivity (Wildman–Crippen MR) is 112 cm³/mol. The zero-order valence-corrected chi connectivity index (χ0v) is 18.4. The molecular formula is C22H30F3N3O4. The Balaban J connectivity index is 1.84. The molecule has 1 atom stereocenters. The number of hydrogen-bond acceptors (Lipinski definition) is 6. The van der Waals surface area contributed by atoms with E-state index in [-0.39, 0.29) is 6.10 Å². The number of guanidine groups is 1. The normalized spacial score (nSPS) is 24.0. The molecule has 1 saturated carbocycles. The second-order valence-corrected chi connectivity index (χ2v) is 8.21. The molecule has 1 aromatic rings. The summed E-state index contributed by atoms with van der Waals surface area (Å²) in [6.07, 6.45) is 0.270. The average Bonchev–Trinajstić information content (AvgIpc) is 3.02. The topological polar surface area (TPSA) is 86.4 Å². The number of alkyl halides is 3. The van der Waals surface area contributed by atoms with Crippen molar-refractivity contribution in [3.05, 3.63) is 29.3 Å². The molecule has 1 aliphatic heterocycles. The zero-order valence-electron chi connectivity index (χ0n) is 18.4. The summed E-state index contributed by atoms with van der Waals surface area (Å²) in [6, 6.07) is 4.23. The Morgan fingerprint density at radius 3 is 2.50 bits per heavy atom. The molecule has 0 aromatic heterocycles. The van der Waals surface area contributed by atoms with E-state index in [2.05, 4.69) is 4.99 Å². The lowest BCUT2D eigenvalue weighted by Crippen LogP contribution is -2.43. The molecular weight excluding hydrogens is 427 g/mol. The number of carbonyl (C=O) groups is 1. The van der Waals surface area contributed by atoms with Crippen molar-refractivity contribution in [3.8, 4) is 5.75 Å². The van der Waals surface area contributed by atoms with E-state index >= 15 is 0 Å². The Hall–Kier alpha value is -2.33. The van der Waals surface area contributed by atoms with Gasteiger partial charge in [0.1, 0.15) is 18.9 Å². The van der Waals surface area contributed by atoms with Crippen LogP contribution in [-0.2, 0) is 20.7 Å². The van der Waals surface area contributed by atoms with Crippen LogP contribution in [-0.4, -0.2) is 63.0 Å². The Morgan fingerprint density at radius 1 is 1.16 bits per heavy atom. The molecule has 3 rings (SSSR count). The van der Waals surface area contributed by atoms with Crippen molar-refractivity contribution in [2.24, 2.45) is 16.6 Å². The van der Waals surface area contributed by atoms with Crippen LogP contribution in [0.3, 0.4) is 0 Å². The van der Waals surface area contributed by atoms with Gasteiger partial charge in [0.25, 0.3) is 5.91 Å². The summed E-state index contributed by atoms with van der Waals surface area (Å²) in [5.74, 6) is -0.308. The maximum Gasteiger partial charge on any atom is 0.406 e. The van der Waals surface area contributed by atoms with E-state index in [9.17, 15) is 18.0 Å². The van der Waals surface area contributed by atoms with Crippen molar-refractivity contribution >= 4 is 11.9 Å². The van der Waals surface area contributed by atoms with E-state index in [0.717, 1.165) is 31.2 Å². The highest BCUT2D eigenvalue weighted by Crippen LogP contribution is 2.36. The molecule has 7 nitrogen and oxygen atoms in total. The second-order valence-electron chi connectivity index (χ2n) is 8.21. The molecule has 1 heterocycles. The minimum atomic E-state index is -4.57. The van der Waals surface area contributed by atoms with Crippen LogP contribution in [0.15, 0.2) is 23.2 Å². The van der Waals surface area contributed by atoms with E-state index in [4.69, 9.17) is 19.9 Å². The molecule has 0 bridgehead atoms. The standard InChI is InChI=1S/C22H30F3N3O4/c1-30-9-10-32-17-8-5-15(11-14-3-6-16(31-2)7-4-14)18(12-17)19-20(29)28(21(26)27-19)13-22(23,24)25/h5,8,12,14,16,19H,3-4,6-7,9-11,13H2,1-2H3,(H2,26,27). The number of methoxy groups -OCH3 is 2. The molecule has 32 heavy (non-hydrogen) atoms. The van der Waals surface area contributed by atoms with Gasteiger partial charge in [0.05, 0.1) is 12.7 Å². The lowest BCUT2D eigenvalue weighted by atomic mass is 9.82. The summed E-state index contributed by atoms with van der Waals surface area (Å²) < 4.78 is 54.9. The first-order chi connectivity index (χ1) is 15.2. The first kappa shape index (κ1) is 24.3. The van der Waals surface area contributed by atoms with E-state index in [0.29, 0.717) is 41.8 Å². The van der Waals surface area contributed by atoms with Crippen molar-refractivity contribution in [1.82, 2.24) is 4.90 Å². The van der Waals surface area contributed by atoms with Crippen LogP contribution in [0.1, 0.15) is 42.9 Å². The smallest absolute Gasteiger partial charge is 0.406 e. The molecule has 1 fully saturated rings. The number of carbonyl (C=O) groups excluding carboxylic acids is 1. The second kappa shape index (κ2) is 10.5. The Morgan fingerprint density at radius 2 is 1.88 bits per heavy atom. The number of nitrogens with zero attached hydrogens (tertiary/aromatic N) is 2. The average molecular weight is 457 g/mol. The molecule has 2 N–H and O–H groups in total. The van der Waals surface area contributed by atoms with Crippen molar-refractivity contribution in [2.45, 2.75) is 50.4 Å². The minimum Gasteiger partial charge on any atom is -0.491 e. The first-order valence-electron chi connectivity index (χ1n) is 10.7. The van der Waals surface area contributed by atoms with Crippen LogP contribution < -0.4 is 10.5 Å². The van der Waals surface area contributed by atoms with Gasteiger partial charge in [-0.25, -0.2) is 4.99 Å². The highest BCUT2D eigenvalue weighted by Gasteiger charge is 2.42. The van der Waals surface area contributed by atoms with E-state index in [1.54, 1.807) is 26.4 Å². The predicted octanol–water partition coefficient (Wildman–Crippen LogP) is 3.22. The number of amides is 1.